The lowest BCUT2D eigenvalue weighted by atomic mass is 10.2. The van der Waals surface area contributed by atoms with Crippen LogP contribution in [0.1, 0.15) is 5.56 Å². The minimum Gasteiger partial charge on any atom is -0.507 e. The Morgan fingerprint density at radius 3 is 2.59 bits per heavy atom. The number of thiazole rings is 1. The quantitative estimate of drug-likeness (QED) is 0.332. The lowest BCUT2D eigenvalue weighted by Crippen LogP contribution is -2.27. The van der Waals surface area contributed by atoms with Gasteiger partial charge in [-0.25, -0.2) is 4.98 Å². The highest BCUT2D eigenvalue weighted by Gasteiger charge is 2.11. The van der Waals surface area contributed by atoms with Gasteiger partial charge in [0.15, 0.2) is 5.11 Å². The zero-order valence-corrected chi connectivity index (χ0v) is 16.0. The molecular weight excluding hydrogens is 374 g/mol. The van der Waals surface area contributed by atoms with E-state index in [0.29, 0.717) is 17.2 Å². The van der Waals surface area contributed by atoms with Crippen molar-refractivity contribution in [1.82, 2.24) is 10.3 Å². The Morgan fingerprint density at radius 1 is 1.00 bits per heavy atom. The van der Waals surface area contributed by atoms with Crippen LogP contribution in [0.2, 0.25) is 0 Å². The summed E-state index contributed by atoms with van der Waals surface area (Å²) in [5, 5.41) is 18.0. The van der Waals surface area contributed by atoms with E-state index in [0.717, 1.165) is 26.5 Å². The van der Waals surface area contributed by atoms with E-state index >= 15 is 0 Å². The van der Waals surface area contributed by atoms with Crippen LogP contribution in [0, 0.1) is 0 Å². The molecule has 0 atom stereocenters. The molecule has 4 nitrogen and oxygen atoms in total. The molecule has 3 aromatic carbocycles. The number of hydrogen-bond acceptors (Lipinski definition) is 4. The zero-order valence-electron chi connectivity index (χ0n) is 14.3. The van der Waals surface area contributed by atoms with Crippen LogP contribution in [0.25, 0.3) is 20.8 Å². The van der Waals surface area contributed by atoms with Crippen LogP contribution >= 0.6 is 23.6 Å². The third kappa shape index (κ3) is 4.07. The molecule has 4 rings (SSSR count). The Labute approximate surface area is 166 Å². The van der Waals surface area contributed by atoms with Crippen LogP contribution in [0.4, 0.5) is 5.69 Å². The van der Waals surface area contributed by atoms with Gasteiger partial charge in [-0.05, 0) is 48.1 Å². The van der Waals surface area contributed by atoms with Crippen LogP contribution in [0.3, 0.4) is 0 Å². The number of thiocarbonyl (C=S) groups is 1. The molecule has 4 aromatic rings. The second-order valence-electron chi connectivity index (χ2n) is 6.01. The number of nitrogens with one attached hydrogen (secondary N) is 2. The number of benzene rings is 3. The Kier molecular flexibility index (Phi) is 5.00. The smallest absolute Gasteiger partial charge is 0.171 e. The van der Waals surface area contributed by atoms with Gasteiger partial charge < -0.3 is 15.7 Å². The minimum atomic E-state index is 0.197. The SMILES string of the molecule is Oc1ccc(NC(=S)NCc2ccccc2)cc1-c1nc2ccccc2s1. The maximum Gasteiger partial charge on any atom is 0.171 e. The van der Waals surface area contributed by atoms with E-state index < -0.39 is 0 Å². The van der Waals surface area contributed by atoms with Gasteiger partial charge >= 0.3 is 0 Å². The number of para-hydroxylation sites is 1. The average Bonchev–Trinajstić information content (AvgIpc) is 3.13. The molecule has 0 fully saturated rings. The summed E-state index contributed by atoms with van der Waals surface area (Å²) < 4.78 is 1.09. The number of fused-ring (bicyclic) bond motifs is 1. The highest BCUT2D eigenvalue weighted by Crippen LogP contribution is 2.36. The number of aromatic nitrogens is 1. The molecule has 0 radical (unpaired) electrons. The van der Waals surface area contributed by atoms with E-state index in [9.17, 15) is 5.11 Å². The summed E-state index contributed by atoms with van der Waals surface area (Å²) >= 11 is 6.93. The Morgan fingerprint density at radius 2 is 1.78 bits per heavy atom. The largest absolute Gasteiger partial charge is 0.507 e. The van der Waals surface area contributed by atoms with Crippen molar-refractivity contribution < 1.29 is 5.11 Å². The number of rotatable bonds is 4. The number of hydrogen-bond donors (Lipinski definition) is 3. The molecule has 6 heteroatoms. The monoisotopic (exact) mass is 391 g/mol. The topological polar surface area (TPSA) is 57.2 Å². The van der Waals surface area contributed by atoms with E-state index in [4.69, 9.17) is 12.2 Å². The molecule has 134 valence electrons. The van der Waals surface area contributed by atoms with Crippen molar-refractivity contribution in [3.05, 3.63) is 78.4 Å². The molecule has 0 unspecified atom stereocenters. The normalized spacial score (nSPS) is 10.7. The number of nitrogens with zero attached hydrogens (tertiary/aromatic N) is 1. The first-order valence-corrected chi connectivity index (χ1v) is 9.69. The van der Waals surface area contributed by atoms with Gasteiger partial charge in [0, 0.05) is 12.2 Å². The fraction of sp³-hybridized carbons (Fsp3) is 0.0476. The zero-order chi connectivity index (χ0) is 18.6. The Balaban J connectivity index is 1.51. The highest BCUT2D eigenvalue weighted by molar-refractivity contribution is 7.80. The molecule has 0 aliphatic rings. The molecule has 0 aliphatic heterocycles. The first kappa shape index (κ1) is 17.5. The van der Waals surface area contributed by atoms with Crippen molar-refractivity contribution in [3.63, 3.8) is 0 Å². The van der Waals surface area contributed by atoms with Crippen molar-refractivity contribution >= 4 is 44.6 Å². The number of phenolic OH excluding ortho intramolecular Hbond substituents is 1. The Hall–Kier alpha value is -2.96. The van der Waals surface area contributed by atoms with E-state index in [1.54, 1.807) is 23.5 Å². The lowest BCUT2D eigenvalue weighted by Gasteiger charge is -2.12. The fourth-order valence-electron chi connectivity index (χ4n) is 2.73. The van der Waals surface area contributed by atoms with Gasteiger partial charge in [-0.3, -0.25) is 0 Å². The molecule has 0 aliphatic carbocycles. The van der Waals surface area contributed by atoms with Crippen molar-refractivity contribution in [2.24, 2.45) is 0 Å². The predicted molar refractivity (Wildman–Crippen MR) is 116 cm³/mol. The van der Waals surface area contributed by atoms with Crippen molar-refractivity contribution in [2.75, 3.05) is 5.32 Å². The highest BCUT2D eigenvalue weighted by atomic mass is 32.1. The van der Waals surface area contributed by atoms with Crippen LogP contribution < -0.4 is 10.6 Å². The average molecular weight is 392 g/mol. The van der Waals surface area contributed by atoms with E-state index in [-0.39, 0.29) is 5.75 Å². The summed E-state index contributed by atoms with van der Waals surface area (Å²) in [5.41, 5.74) is 3.57. The third-order valence-electron chi connectivity index (χ3n) is 4.07. The Bertz CT molecular complexity index is 1060. The summed E-state index contributed by atoms with van der Waals surface area (Å²) in [6.45, 7) is 0.648. The molecule has 0 bridgehead atoms. The number of aromatic hydroxyl groups is 1. The number of anilines is 1. The second-order valence-corrected chi connectivity index (χ2v) is 7.45. The van der Waals surface area contributed by atoms with Gasteiger partial charge in [0.05, 0.1) is 15.8 Å². The first-order chi connectivity index (χ1) is 13.2. The fourth-order valence-corrected chi connectivity index (χ4v) is 3.91. The van der Waals surface area contributed by atoms with Crippen molar-refractivity contribution in [1.29, 1.82) is 0 Å². The molecule has 1 heterocycles. The number of phenols is 1. The second kappa shape index (κ2) is 7.73. The lowest BCUT2D eigenvalue weighted by molar-refractivity contribution is 0.477. The predicted octanol–water partition coefficient (Wildman–Crippen LogP) is 5.16. The molecule has 0 saturated carbocycles. The first-order valence-electron chi connectivity index (χ1n) is 8.47. The van der Waals surface area contributed by atoms with E-state index in [1.165, 1.54) is 0 Å². The summed E-state index contributed by atoms with van der Waals surface area (Å²) in [5.74, 6) is 0.197. The van der Waals surface area contributed by atoms with Crippen molar-refractivity contribution in [2.45, 2.75) is 6.54 Å². The molecule has 1 aromatic heterocycles. The molecule has 27 heavy (non-hydrogen) atoms. The standard InChI is InChI=1S/C21H17N3OS2/c25-18-11-10-15(23-21(26)22-13-14-6-2-1-3-7-14)12-16(18)20-24-17-8-4-5-9-19(17)27-20/h1-12,25H,13H2,(H2,22,23,26). The van der Waals surface area contributed by atoms with Crippen LogP contribution in [-0.4, -0.2) is 15.2 Å². The summed E-state index contributed by atoms with van der Waals surface area (Å²) in [4.78, 5) is 4.62. The molecular formula is C21H17N3OS2. The minimum absolute atomic E-state index is 0.197. The summed E-state index contributed by atoms with van der Waals surface area (Å²) in [7, 11) is 0. The van der Waals surface area contributed by atoms with Gasteiger partial charge in [0.25, 0.3) is 0 Å². The maximum absolute atomic E-state index is 10.3. The summed E-state index contributed by atoms with van der Waals surface area (Å²) in [6.07, 6.45) is 0. The van der Waals surface area contributed by atoms with Crippen LogP contribution in [0.15, 0.2) is 72.8 Å². The van der Waals surface area contributed by atoms with Gasteiger partial charge in [0.1, 0.15) is 10.8 Å². The van der Waals surface area contributed by atoms with Gasteiger partial charge in [0.2, 0.25) is 0 Å². The third-order valence-corrected chi connectivity index (χ3v) is 5.39. The molecule has 3 N–H and O–H groups in total. The maximum atomic E-state index is 10.3. The molecule has 0 spiro atoms. The van der Waals surface area contributed by atoms with E-state index in [1.807, 2.05) is 60.7 Å². The molecule has 0 amide bonds. The van der Waals surface area contributed by atoms with Gasteiger partial charge in [-0.1, -0.05) is 42.5 Å². The van der Waals surface area contributed by atoms with Crippen LogP contribution in [-0.2, 0) is 6.54 Å². The van der Waals surface area contributed by atoms with Crippen molar-refractivity contribution in [3.8, 4) is 16.3 Å². The van der Waals surface area contributed by atoms with Crippen LogP contribution in [0.5, 0.6) is 5.75 Å². The van der Waals surface area contributed by atoms with E-state index in [2.05, 4.69) is 15.6 Å². The van der Waals surface area contributed by atoms with Gasteiger partial charge in [-0.2, -0.15) is 0 Å². The van der Waals surface area contributed by atoms with Gasteiger partial charge in [-0.15, -0.1) is 11.3 Å². The molecule has 0 saturated heterocycles. The summed E-state index contributed by atoms with van der Waals surface area (Å²) in [6, 6.07) is 23.3.